The minimum atomic E-state index is -0.330. The summed E-state index contributed by atoms with van der Waals surface area (Å²) in [6.07, 6.45) is 4.20. The molecular formula is C15H22N2O2S. The molecule has 1 aromatic rings. The molecule has 5 heteroatoms. The molecule has 1 saturated heterocycles. The van der Waals surface area contributed by atoms with E-state index >= 15 is 0 Å². The Kier molecular flexibility index (Phi) is 3.84. The first-order valence-corrected chi connectivity index (χ1v) is 8.19. The van der Waals surface area contributed by atoms with Crippen LogP contribution in [0.3, 0.4) is 0 Å². The molecule has 20 heavy (non-hydrogen) atoms. The Labute approximate surface area is 123 Å². The first-order valence-electron chi connectivity index (χ1n) is 7.31. The Morgan fingerprint density at radius 2 is 2.40 bits per heavy atom. The van der Waals surface area contributed by atoms with Crippen LogP contribution in [-0.2, 0) is 11.3 Å². The van der Waals surface area contributed by atoms with Gasteiger partial charge >= 0.3 is 0 Å². The van der Waals surface area contributed by atoms with E-state index in [0.29, 0.717) is 17.1 Å². The molecule has 2 fully saturated rings. The summed E-state index contributed by atoms with van der Waals surface area (Å²) in [6, 6.07) is 1.93. The van der Waals surface area contributed by atoms with Gasteiger partial charge in [0, 0.05) is 30.0 Å². The summed E-state index contributed by atoms with van der Waals surface area (Å²) in [6.45, 7) is 6.16. The quantitative estimate of drug-likeness (QED) is 0.906. The lowest BCUT2D eigenvalue weighted by atomic mass is 9.66. The van der Waals surface area contributed by atoms with E-state index in [0.717, 1.165) is 19.7 Å². The number of carbonyl (C=O) groups is 1. The van der Waals surface area contributed by atoms with Crippen LogP contribution in [0, 0.1) is 5.41 Å². The number of rotatable bonds is 5. The van der Waals surface area contributed by atoms with Gasteiger partial charge in [0.1, 0.15) is 0 Å². The first-order chi connectivity index (χ1) is 9.60. The zero-order valence-electron chi connectivity index (χ0n) is 11.9. The van der Waals surface area contributed by atoms with Crippen molar-refractivity contribution in [3.05, 3.63) is 21.9 Å². The lowest BCUT2D eigenvalue weighted by Gasteiger charge is -2.44. The van der Waals surface area contributed by atoms with Gasteiger partial charge in [0.25, 0.3) is 0 Å². The normalized spacial score (nSPS) is 29.8. The molecule has 0 bridgehead atoms. The largest absolute Gasteiger partial charge is 0.378 e. The molecule has 1 aliphatic heterocycles. The van der Waals surface area contributed by atoms with Crippen molar-refractivity contribution < 1.29 is 9.53 Å². The van der Waals surface area contributed by atoms with E-state index in [1.807, 2.05) is 11.4 Å². The molecule has 0 aromatic carbocycles. The fourth-order valence-corrected chi connectivity index (χ4v) is 4.48. The third-order valence-corrected chi connectivity index (χ3v) is 5.48. The van der Waals surface area contributed by atoms with Crippen LogP contribution in [0.25, 0.3) is 0 Å². The second-order valence-corrected chi connectivity index (χ2v) is 7.11. The molecule has 1 aromatic heterocycles. The van der Waals surface area contributed by atoms with Crippen molar-refractivity contribution in [2.24, 2.45) is 11.1 Å². The average Bonchev–Trinajstić information content (AvgIpc) is 2.97. The number of nitrogens with two attached hydrogens (primary N) is 1. The minimum absolute atomic E-state index is 0.330. The van der Waals surface area contributed by atoms with E-state index in [2.05, 4.69) is 11.8 Å². The number of carbonyl (C=O) groups excluding carboxylic acids is 1. The maximum absolute atomic E-state index is 11.1. The molecule has 4 nitrogen and oxygen atoms in total. The topological polar surface area (TPSA) is 55.6 Å². The van der Waals surface area contributed by atoms with E-state index in [1.54, 1.807) is 11.3 Å². The van der Waals surface area contributed by atoms with Gasteiger partial charge in [0.05, 0.1) is 11.7 Å². The van der Waals surface area contributed by atoms with Crippen molar-refractivity contribution in [2.75, 3.05) is 19.7 Å². The lowest BCUT2D eigenvalue weighted by Crippen LogP contribution is -2.44. The van der Waals surface area contributed by atoms with E-state index in [1.165, 1.54) is 30.7 Å². The van der Waals surface area contributed by atoms with E-state index in [-0.39, 0.29) is 5.91 Å². The second kappa shape index (κ2) is 5.47. The predicted molar refractivity (Wildman–Crippen MR) is 79.8 cm³/mol. The standard InChI is InChI=1S/C15H22N2O2S/c1-2-19-12-6-15(7-12)3-4-17(10-15)8-13-5-11(9-20-13)14(16)18/h5,9,12H,2-4,6-8,10H2,1H3,(H2,16,18). The third-order valence-electron chi connectivity index (χ3n) is 4.56. The summed E-state index contributed by atoms with van der Waals surface area (Å²) in [5, 5.41) is 1.86. The highest BCUT2D eigenvalue weighted by atomic mass is 32.1. The number of primary amides is 1. The molecule has 110 valence electrons. The monoisotopic (exact) mass is 294 g/mol. The third kappa shape index (κ3) is 2.75. The van der Waals surface area contributed by atoms with Crippen LogP contribution in [0.2, 0.25) is 0 Å². The average molecular weight is 294 g/mol. The highest BCUT2D eigenvalue weighted by Crippen LogP contribution is 2.49. The Bertz CT molecular complexity index is 494. The summed E-state index contributed by atoms with van der Waals surface area (Å²) >= 11 is 1.63. The van der Waals surface area contributed by atoms with Crippen molar-refractivity contribution in [3.8, 4) is 0 Å². The lowest BCUT2D eigenvalue weighted by molar-refractivity contribution is -0.0718. The van der Waals surface area contributed by atoms with Crippen LogP contribution in [0.15, 0.2) is 11.4 Å². The zero-order chi connectivity index (χ0) is 14.2. The van der Waals surface area contributed by atoms with Crippen LogP contribution < -0.4 is 5.73 Å². The van der Waals surface area contributed by atoms with Crippen molar-refractivity contribution in [2.45, 2.75) is 38.8 Å². The Hall–Kier alpha value is -0.910. The summed E-state index contributed by atoms with van der Waals surface area (Å²) in [7, 11) is 0. The molecule has 2 heterocycles. The van der Waals surface area contributed by atoms with Gasteiger partial charge in [0.15, 0.2) is 0 Å². The summed E-state index contributed by atoms with van der Waals surface area (Å²) < 4.78 is 5.68. The number of thiophene rings is 1. The smallest absolute Gasteiger partial charge is 0.249 e. The molecule has 0 radical (unpaired) electrons. The van der Waals surface area contributed by atoms with Crippen LogP contribution in [0.1, 0.15) is 41.4 Å². The Morgan fingerprint density at radius 1 is 1.60 bits per heavy atom. The molecule has 1 saturated carbocycles. The fourth-order valence-electron chi connectivity index (χ4n) is 3.57. The SMILES string of the molecule is CCOC1CC2(CCN(Cc3cc(C(N)=O)cs3)C2)C1. The van der Waals surface area contributed by atoms with Gasteiger partial charge in [-0.1, -0.05) is 0 Å². The van der Waals surface area contributed by atoms with E-state index < -0.39 is 0 Å². The summed E-state index contributed by atoms with van der Waals surface area (Å²) in [5.41, 5.74) is 6.43. The number of likely N-dealkylation sites (tertiary alicyclic amines) is 1. The number of ether oxygens (including phenoxy) is 1. The second-order valence-electron chi connectivity index (χ2n) is 6.11. The van der Waals surface area contributed by atoms with Gasteiger partial charge in [-0.25, -0.2) is 0 Å². The first kappa shape index (κ1) is 14.0. The molecule has 1 aliphatic carbocycles. The van der Waals surface area contributed by atoms with Crippen LogP contribution in [-0.4, -0.2) is 36.6 Å². The predicted octanol–water partition coefficient (Wildman–Crippen LogP) is 2.24. The maximum Gasteiger partial charge on any atom is 0.249 e. The number of nitrogens with zero attached hydrogens (tertiary/aromatic N) is 1. The van der Waals surface area contributed by atoms with Gasteiger partial charge in [-0.15, -0.1) is 11.3 Å². The highest BCUT2D eigenvalue weighted by molar-refractivity contribution is 7.10. The highest BCUT2D eigenvalue weighted by Gasteiger charge is 2.48. The minimum Gasteiger partial charge on any atom is -0.378 e. The molecule has 0 unspecified atom stereocenters. The number of amides is 1. The van der Waals surface area contributed by atoms with E-state index in [4.69, 9.17) is 10.5 Å². The molecule has 1 spiro atoms. The molecule has 0 atom stereocenters. The fraction of sp³-hybridized carbons (Fsp3) is 0.667. The van der Waals surface area contributed by atoms with Gasteiger partial charge < -0.3 is 10.5 Å². The van der Waals surface area contributed by atoms with Crippen LogP contribution in [0.5, 0.6) is 0 Å². The summed E-state index contributed by atoms with van der Waals surface area (Å²) in [5.74, 6) is -0.330. The van der Waals surface area contributed by atoms with Crippen molar-refractivity contribution in [3.63, 3.8) is 0 Å². The Morgan fingerprint density at radius 3 is 3.05 bits per heavy atom. The van der Waals surface area contributed by atoms with Crippen LogP contribution in [0.4, 0.5) is 0 Å². The molecular weight excluding hydrogens is 272 g/mol. The van der Waals surface area contributed by atoms with E-state index in [9.17, 15) is 4.79 Å². The molecule has 1 amide bonds. The number of hydrogen-bond donors (Lipinski definition) is 1. The summed E-state index contributed by atoms with van der Waals surface area (Å²) in [4.78, 5) is 14.8. The zero-order valence-corrected chi connectivity index (χ0v) is 12.7. The van der Waals surface area contributed by atoms with Gasteiger partial charge in [0.2, 0.25) is 5.91 Å². The van der Waals surface area contributed by atoms with Crippen molar-refractivity contribution >= 4 is 17.2 Å². The molecule has 3 rings (SSSR count). The molecule has 2 aliphatic rings. The maximum atomic E-state index is 11.1. The van der Waals surface area contributed by atoms with Gasteiger partial charge in [-0.3, -0.25) is 9.69 Å². The van der Waals surface area contributed by atoms with Gasteiger partial charge in [-0.05, 0) is 44.2 Å². The number of hydrogen-bond acceptors (Lipinski definition) is 4. The van der Waals surface area contributed by atoms with Gasteiger partial charge in [-0.2, -0.15) is 0 Å². The van der Waals surface area contributed by atoms with Crippen LogP contribution >= 0.6 is 11.3 Å². The van der Waals surface area contributed by atoms with Crippen molar-refractivity contribution in [1.29, 1.82) is 0 Å². The molecule has 2 N–H and O–H groups in total. The Balaban J connectivity index is 1.52. The van der Waals surface area contributed by atoms with Crippen molar-refractivity contribution in [1.82, 2.24) is 4.90 Å².